The molecule has 12 nitrogen and oxygen atoms in total. The lowest BCUT2D eigenvalue weighted by molar-refractivity contribution is -0.133. The van der Waals surface area contributed by atoms with E-state index in [2.05, 4.69) is 10.2 Å². The molecule has 3 aromatic carbocycles. The Balaban J connectivity index is 1.52. The third-order valence-electron chi connectivity index (χ3n) is 7.82. The van der Waals surface area contributed by atoms with Crippen LogP contribution in [-0.4, -0.2) is 69.3 Å². The highest BCUT2D eigenvalue weighted by Crippen LogP contribution is 2.35. The second-order valence-electron chi connectivity index (χ2n) is 10.7. The summed E-state index contributed by atoms with van der Waals surface area (Å²) in [4.78, 5) is 28.8. The quantitative estimate of drug-likeness (QED) is 0.216. The Labute approximate surface area is 256 Å². The molecular formula is C31H36N4O8S. The number of rotatable bonds is 11. The van der Waals surface area contributed by atoms with E-state index in [0.29, 0.717) is 39.5 Å². The van der Waals surface area contributed by atoms with Gasteiger partial charge in [-0.3, -0.25) is 14.8 Å². The van der Waals surface area contributed by atoms with Crippen molar-refractivity contribution in [3.05, 3.63) is 76.9 Å². The van der Waals surface area contributed by atoms with Crippen molar-refractivity contribution in [1.29, 1.82) is 0 Å². The number of hydrogen-bond acceptors (Lipinski definition) is 9. The van der Waals surface area contributed by atoms with Crippen molar-refractivity contribution in [2.75, 3.05) is 38.4 Å². The summed E-state index contributed by atoms with van der Waals surface area (Å²) < 4.78 is 46.1. The predicted octanol–water partition coefficient (Wildman–Crippen LogP) is 3.14. The number of benzene rings is 3. The van der Waals surface area contributed by atoms with Crippen molar-refractivity contribution >= 4 is 27.5 Å². The maximum absolute atomic E-state index is 14.5. The number of nitrogens with one attached hydrogen (secondary N) is 2. The van der Waals surface area contributed by atoms with E-state index in [-0.39, 0.29) is 18.2 Å². The number of nitrogens with zero attached hydrogens (tertiary/aromatic N) is 2. The molecule has 2 amide bonds. The molecule has 5 rings (SSSR count). The van der Waals surface area contributed by atoms with Gasteiger partial charge in [-0.25, -0.2) is 13.9 Å². The molecule has 13 heteroatoms. The first-order chi connectivity index (χ1) is 21.1. The predicted molar refractivity (Wildman–Crippen MR) is 162 cm³/mol. The van der Waals surface area contributed by atoms with E-state index in [1.165, 1.54) is 7.11 Å². The molecular weight excluding hydrogens is 588 g/mol. The summed E-state index contributed by atoms with van der Waals surface area (Å²) in [6.07, 6.45) is 2.04. The van der Waals surface area contributed by atoms with Crippen molar-refractivity contribution in [1.82, 2.24) is 15.1 Å². The lowest BCUT2D eigenvalue weighted by Crippen LogP contribution is -2.54. The van der Waals surface area contributed by atoms with Gasteiger partial charge < -0.3 is 24.4 Å². The van der Waals surface area contributed by atoms with Crippen LogP contribution in [0.5, 0.6) is 17.2 Å². The number of hydrogen-bond donors (Lipinski definition) is 3. The van der Waals surface area contributed by atoms with Crippen molar-refractivity contribution in [3.63, 3.8) is 0 Å². The van der Waals surface area contributed by atoms with Crippen LogP contribution in [0.3, 0.4) is 0 Å². The minimum atomic E-state index is -4.41. The first-order valence-electron chi connectivity index (χ1n) is 14.3. The van der Waals surface area contributed by atoms with E-state index in [1.807, 2.05) is 12.1 Å². The lowest BCUT2D eigenvalue weighted by Gasteiger charge is -2.31. The second-order valence-corrected chi connectivity index (χ2v) is 12.6. The van der Waals surface area contributed by atoms with Gasteiger partial charge in [-0.1, -0.05) is 18.2 Å². The third kappa shape index (κ3) is 6.30. The highest BCUT2D eigenvalue weighted by atomic mass is 32.2. The summed E-state index contributed by atoms with van der Waals surface area (Å²) in [5.74, 6) is -0.0492. The Morgan fingerprint density at radius 2 is 1.70 bits per heavy atom. The van der Waals surface area contributed by atoms with E-state index < -0.39 is 34.4 Å². The molecule has 44 heavy (non-hydrogen) atoms. The molecule has 1 atom stereocenters. The van der Waals surface area contributed by atoms with Gasteiger partial charge in [0.1, 0.15) is 11.8 Å². The summed E-state index contributed by atoms with van der Waals surface area (Å²) in [7, 11) is -2.93. The number of methoxy groups -OCH3 is 1. The molecule has 2 aliphatic heterocycles. The zero-order chi connectivity index (χ0) is 31.4. The SMILES string of the molecule is COc1cc(C)c(S(=O)(=O)N(Cc2ccc3c(c2)OCO3)[C@H](CNC(=O)c2ccccc2N2CCCC2)C(=O)NO)c(C)c1. The highest BCUT2D eigenvalue weighted by molar-refractivity contribution is 7.89. The van der Waals surface area contributed by atoms with Crippen LogP contribution in [0.25, 0.3) is 0 Å². The molecule has 3 N–H and O–H groups in total. The summed E-state index contributed by atoms with van der Waals surface area (Å²) >= 11 is 0. The van der Waals surface area contributed by atoms with Crippen LogP contribution in [-0.2, 0) is 21.4 Å². The summed E-state index contributed by atoms with van der Waals surface area (Å²) in [6, 6.07) is 13.8. The van der Waals surface area contributed by atoms with Crippen LogP contribution in [0.1, 0.15) is 39.9 Å². The molecule has 2 heterocycles. The van der Waals surface area contributed by atoms with Crippen LogP contribution in [0.2, 0.25) is 0 Å². The molecule has 234 valence electrons. The number of sulfonamides is 1. The van der Waals surface area contributed by atoms with Gasteiger partial charge in [0.25, 0.3) is 11.8 Å². The molecule has 0 spiro atoms. The van der Waals surface area contributed by atoms with Gasteiger partial charge in [-0.05, 0) is 79.8 Å². The van der Waals surface area contributed by atoms with Crippen LogP contribution in [0, 0.1) is 13.8 Å². The maximum atomic E-state index is 14.5. The molecule has 0 aliphatic carbocycles. The molecule has 0 radical (unpaired) electrons. The molecule has 0 unspecified atom stereocenters. The zero-order valence-corrected chi connectivity index (χ0v) is 25.6. The van der Waals surface area contributed by atoms with E-state index in [4.69, 9.17) is 14.2 Å². The normalized spacial score (nSPS) is 14.9. The van der Waals surface area contributed by atoms with Crippen LogP contribution < -0.4 is 29.9 Å². The molecule has 0 saturated carbocycles. The third-order valence-corrected chi connectivity index (χ3v) is 9.98. The van der Waals surface area contributed by atoms with Gasteiger partial charge in [0.2, 0.25) is 16.8 Å². The number of amides is 2. The number of fused-ring (bicyclic) bond motifs is 1. The smallest absolute Gasteiger partial charge is 0.263 e. The minimum Gasteiger partial charge on any atom is -0.497 e. The number of carbonyl (C=O) groups is 2. The summed E-state index contributed by atoms with van der Waals surface area (Å²) in [5, 5.41) is 12.5. The Hall–Kier alpha value is -4.33. The van der Waals surface area contributed by atoms with Crippen molar-refractivity contribution in [2.45, 2.75) is 44.2 Å². The Bertz CT molecular complexity index is 1630. The summed E-state index contributed by atoms with van der Waals surface area (Å²) in [6.45, 7) is 4.26. The average Bonchev–Trinajstić information content (AvgIpc) is 3.72. The van der Waals surface area contributed by atoms with Crippen molar-refractivity contribution in [3.8, 4) is 17.2 Å². The lowest BCUT2D eigenvalue weighted by atomic mass is 10.1. The number of aryl methyl sites for hydroxylation is 2. The Morgan fingerprint density at radius 1 is 1.02 bits per heavy atom. The maximum Gasteiger partial charge on any atom is 0.263 e. The van der Waals surface area contributed by atoms with E-state index >= 15 is 0 Å². The van der Waals surface area contributed by atoms with Gasteiger partial charge >= 0.3 is 0 Å². The number of ether oxygens (including phenoxy) is 3. The number of para-hydroxylation sites is 1. The number of anilines is 1. The van der Waals surface area contributed by atoms with Crippen LogP contribution in [0.4, 0.5) is 5.69 Å². The molecule has 0 aromatic heterocycles. The zero-order valence-electron chi connectivity index (χ0n) is 24.8. The first kappa shape index (κ1) is 31.1. The fourth-order valence-electron chi connectivity index (χ4n) is 5.72. The van der Waals surface area contributed by atoms with Gasteiger partial charge in [-0.2, -0.15) is 4.31 Å². The van der Waals surface area contributed by atoms with E-state index in [0.717, 1.165) is 35.9 Å². The molecule has 2 aliphatic rings. The summed E-state index contributed by atoms with van der Waals surface area (Å²) in [5.41, 5.74) is 4.08. The van der Waals surface area contributed by atoms with Crippen LogP contribution >= 0.6 is 0 Å². The van der Waals surface area contributed by atoms with E-state index in [9.17, 15) is 23.2 Å². The van der Waals surface area contributed by atoms with Gasteiger partial charge in [0.05, 0.1) is 17.6 Å². The average molecular weight is 625 g/mol. The standard InChI is InChI=1S/C31H36N4O8S/c1-20-14-23(41-3)15-21(2)29(20)44(39,40)35(18-22-10-11-27-28(16-22)43-19-42-27)26(31(37)33-38)17-32-30(36)24-8-4-5-9-25(24)34-12-6-7-13-34/h4-5,8-11,14-16,26,38H,6-7,12-13,17-19H2,1-3H3,(H,32,36)(H,33,37)/t26-/m1/s1. The monoisotopic (exact) mass is 624 g/mol. The molecule has 3 aromatic rings. The second kappa shape index (κ2) is 13.1. The molecule has 1 fully saturated rings. The van der Waals surface area contributed by atoms with Crippen molar-refractivity contribution < 1.29 is 37.4 Å². The van der Waals surface area contributed by atoms with Crippen molar-refractivity contribution in [2.24, 2.45) is 0 Å². The largest absolute Gasteiger partial charge is 0.497 e. The Kier molecular flexibility index (Phi) is 9.28. The van der Waals surface area contributed by atoms with Crippen LogP contribution in [0.15, 0.2) is 59.5 Å². The number of hydroxylamine groups is 1. The number of carbonyl (C=O) groups excluding carboxylic acids is 2. The van der Waals surface area contributed by atoms with E-state index in [1.54, 1.807) is 61.8 Å². The Morgan fingerprint density at radius 3 is 2.39 bits per heavy atom. The topological polar surface area (TPSA) is 147 Å². The highest BCUT2D eigenvalue weighted by Gasteiger charge is 2.38. The van der Waals surface area contributed by atoms with Gasteiger partial charge in [-0.15, -0.1) is 0 Å². The van der Waals surface area contributed by atoms with Gasteiger partial charge in [0, 0.05) is 31.9 Å². The van der Waals surface area contributed by atoms with Gasteiger partial charge in [0.15, 0.2) is 11.5 Å². The minimum absolute atomic E-state index is 0.0134. The molecule has 1 saturated heterocycles. The molecule has 0 bridgehead atoms. The fourth-order valence-corrected chi connectivity index (χ4v) is 7.71. The first-order valence-corrected chi connectivity index (χ1v) is 15.7. The fraction of sp³-hybridized carbons (Fsp3) is 0.355.